The predicted octanol–water partition coefficient (Wildman–Crippen LogP) is 2.91. The molecule has 58 valence electrons. The molecular weight excluding hydrogens is 141 g/mol. The Kier molecular flexibility index (Phi) is 2.02. The molecule has 1 unspecified atom stereocenters. The van der Waals surface area contributed by atoms with Gasteiger partial charge in [-0.25, -0.2) is 0 Å². The first-order valence-corrected chi connectivity index (χ1v) is 3.32. The van der Waals surface area contributed by atoms with Crippen LogP contribution in [-0.4, -0.2) is 6.18 Å². The van der Waals surface area contributed by atoms with Crippen molar-refractivity contribution in [1.29, 1.82) is 0 Å². The van der Waals surface area contributed by atoms with Crippen molar-refractivity contribution in [3.63, 3.8) is 0 Å². The molecule has 0 amide bonds. The lowest BCUT2D eigenvalue weighted by Gasteiger charge is -2.20. The van der Waals surface area contributed by atoms with E-state index in [-0.39, 0.29) is 12.8 Å². The highest BCUT2D eigenvalue weighted by atomic mass is 19.4. The van der Waals surface area contributed by atoms with Crippen LogP contribution in [0.4, 0.5) is 13.2 Å². The van der Waals surface area contributed by atoms with E-state index in [9.17, 15) is 13.2 Å². The van der Waals surface area contributed by atoms with Gasteiger partial charge in [0, 0.05) is 0 Å². The smallest absolute Gasteiger partial charge is 0.171 e. The summed E-state index contributed by atoms with van der Waals surface area (Å²) in [7, 11) is 0. The van der Waals surface area contributed by atoms with Crippen LogP contribution in [0.25, 0.3) is 0 Å². The highest BCUT2D eigenvalue weighted by Gasteiger charge is 2.38. The number of rotatable bonds is 0. The first-order valence-electron chi connectivity index (χ1n) is 3.32. The van der Waals surface area contributed by atoms with E-state index in [1.807, 2.05) is 6.08 Å². The van der Waals surface area contributed by atoms with Crippen LogP contribution in [0, 0.1) is 5.92 Å². The largest absolute Gasteiger partial charge is 0.392 e. The Morgan fingerprint density at radius 1 is 1.20 bits per heavy atom. The Morgan fingerprint density at radius 2 is 1.90 bits per heavy atom. The molecule has 1 atom stereocenters. The first kappa shape index (κ1) is 7.63. The molecule has 0 aromatic heterocycles. The maximum absolute atomic E-state index is 11.9. The summed E-state index contributed by atoms with van der Waals surface area (Å²) in [6.45, 7) is 0. The van der Waals surface area contributed by atoms with Gasteiger partial charge in [-0.05, 0) is 19.3 Å². The van der Waals surface area contributed by atoms with Crippen LogP contribution in [0.2, 0.25) is 0 Å². The molecule has 1 rings (SSSR count). The lowest BCUT2D eigenvalue weighted by Crippen LogP contribution is -2.23. The van der Waals surface area contributed by atoms with Crippen LogP contribution in [0.5, 0.6) is 0 Å². The monoisotopic (exact) mass is 150 g/mol. The second-order valence-electron chi connectivity index (χ2n) is 2.52. The number of hydrogen-bond acceptors (Lipinski definition) is 0. The molecule has 0 saturated heterocycles. The topological polar surface area (TPSA) is 0 Å². The molecule has 1 aliphatic carbocycles. The fraction of sp³-hybridized carbons (Fsp3) is 0.714. The molecule has 0 heterocycles. The summed E-state index contributed by atoms with van der Waals surface area (Å²) in [5, 5.41) is 0. The van der Waals surface area contributed by atoms with E-state index in [0.717, 1.165) is 0 Å². The maximum Gasteiger partial charge on any atom is 0.392 e. The van der Waals surface area contributed by atoms with Gasteiger partial charge in [0.1, 0.15) is 0 Å². The molecule has 0 N–H and O–H groups in total. The van der Waals surface area contributed by atoms with Crippen LogP contribution >= 0.6 is 0 Å². The molecule has 10 heavy (non-hydrogen) atoms. The molecule has 0 nitrogen and oxygen atoms in total. The van der Waals surface area contributed by atoms with Crippen LogP contribution in [0.3, 0.4) is 0 Å². The maximum atomic E-state index is 11.9. The van der Waals surface area contributed by atoms with Gasteiger partial charge in [-0.15, -0.1) is 0 Å². The van der Waals surface area contributed by atoms with Crippen molar-refractivity contribution < 1.29 is 13.2 Å². The average Bonchev–Trinajstić information content (AvgIpc) is 1.88. The minimum Gasteiger partial charge on any atom is -0.171 e. The lowest BCUT2D eigenvalue weighted by molar-refractivity contribution is -0.175. The third-order valence-electron chi connectivity index (χ3n) is 1.73. The normalized spacial score (nSPS) is 26.9. The number of hydrogen-bond donors (Lipinski definition) is 0. The Hall–Kier alpha value is -0.470. The molecular formula is C7H9F3. The quantitative estimate of drug-likeness (QED) is 0.466. The second kappa shape index (κ2) is 2.64. The van der Waals surface area contributed by atoms with Crippen LogP contribution in [-0.2, 0) is 0 Å². The lowest BCUT2D eigenvalue weighted by atomic mass is 9.94. The summed E-state index contributed by atoms with van der Waals surface area (Å²) in [5.41, 5.74) is 0. The van der Waals surface area contributed by atoms with Crippen molar-refractivity contribution >= 4 is 0 Å². The Balaban J connectivity index is 2.49. The van der Waals surface area contributed by atoms with Crippen molar-refractivity contribution in [3.05, 3.63) is 12.2 Å². The van der Waals surface area contributed by atoms with E-state index in [1.165, 1.54) is 0 Å². The third-order valence-corrected chi connectivity index (χ3v) is 1.73. The Morgan fingerprint density at radius 3 is 2.20 bits per heavy atom. The molecule has 1 aliphatic rings. The zero-order chi connectivity index (χ0) is 7.61. The zero-order valence-electron chi connectivity index (χ0n) is 5.49. The molecule has 0 fully saturated rings. The fourth-order valence-corrected chi connectivity index (χ4v) is 1.09. The van der Waals surface area contributed by atoms with Crippen molar-refractivity contribution in [1.82, 2.24) is 0 Å². The van der Waals surface area contributed by atoms with Crippen molar-refractivity contribution in [3.8, 4) is 0 Å². The highest BCUT2D eigenvalue weighted by Crippen LogP contribution is 2.34. The molecule has 0 radical (unpaired) electrons. The van der Waals surface area contributed by atoms with E-state index in [0.29, 0.717) is 6.42 Å². The molecule has 0 bridgehead atoms. The first-order chi connectivity index (χ1) is 4.61. The molecule has 0 aromatic carbocycles. The highest BCUT2D eigenvalue weighted by molar-refractivity contribution is 4.92. The van der Waals surface area contributed by atoms with Gasteiger partial charge in [-0.1, -0.05) is 12.2 Å². The van der Waals surface area contributed by atoms with Crippen molar-refractivity contribution in [2.75, 3.05) is 0 Å². The van der Waals surface area contributed by atoms with Gasteiger partial charge in [0.2, 0.25) is 0 Å². The van der Waals surface area contributed by atoms with E-state index >= 15 is 0 Å². The van der Waals surface area contributed by atoms with E-state index < -0.39 is 12.1 Å². The molecule has 0 saturated carbocycles. The Labute approximate surface area is 57.7 Å². The number of halogens is 3. The fourth-order valence-electron chi connectivity index (χ4n) is 1.09. The van der Waals surface area contributed by atoms with Crippen LogP contribution in [0.1, 0.15) is 19.3 Å². The zero-order valence-corrected chi connectivity index (χ0v) is 5.49. The van der Waals surface area contributed by atoms with Gasteiger partial charge in [-0.3, -0.25) is 0 Å². The van der Waals surface area contributed by atoms with Crippen LogP contribution < -0.4 is 0 Å². The Bertz CT molecular complexity index is 134. The summed E-state index contributed by atoms with van der Waals surface area (Å²) >= 11 is 0. The third kappa shape index (κ3) is 1.75. The summed E-state index contributed by atoms with van der Waals surface area (Å²) in [6, 6.07) is 0. The SMILES string of the molecule is FC(F)(F)C1CC=CCC1. The van der Waals surface area contributed by atoms with E-state index in [2.05, 4.69) is 0 Å². The molecule has 0 spiro atoms. The van der Waals surface area contributed by atoms with Gasteiger partial charge in [0.15, 0.2) is 0 Å². The molecule has 0 aliphatic heterocycles. The second-order valence-corrected chi connectivity index (χ2v) is 2.52. The molecule has 3 heteroatoms. The van der Waals surface area contributed by atoms with Crippen molar-refractivity contribution in [2.24, 2.45) is 5.92 Å². The van der Waals surface area contributed by atoms with E-state index in [4.69, 9.17) is 0 Å². The van der Waals surface area contributed by atoms with Crippen LogP contribution in [0.15, 0.2) is 12.2 Å². The minimum absolute atomic E-state index is 0.170. The summed E-state index contributed by atoms with van der Waals surface area (Å²) in [4.78, 5) is 0. The number of alkyl halides is 3. The van der Waals surface area contributed by atoms with Crippen molar-refractivity contribution in [2.45, 2.75) is 25.4 Å². The predicted molar refractivity (Wildman–Crippen MR) is 32.5 cm³/mol. The minimum atomic E-state index is -3.98. The van der Waals surface area contributed by atoms with E-state index in [1.54, 1.807) is 6.08 Å². The van der Waals surface area contributed by atoms with Gasteiger partial charge in [0.25, 0.3) is 0 Å². The van der Waals surface area contributed by atoms with Gasteiger partial charge >= 0.3 is 6.18 Å². The summed E-state index contributed by atoms with van der Waals surface area (Å²) in [6.07, 6.45) is 0.447. The number of allylic oxidation sites excluding steroid dienone is 2. The average molecular weight is 150 g/mol. The molecule has 0 aromatic rings. The summed E-state index contributed by atoms with van der Waals surface area (Å²) < 4.78 is 35.7. The summed E-state index contributed by atoms with van der Waals surface area (Å²) in [5.74, 6) is -1.09. The standard InChI is InChI=1S/C7H9F3/c8-7(9,10)6-4-2-1-3-5-6/h1-2,6H,3-5H2. The van der Waals surface area contributed by atoms with Gasteiger partial charge in [0.05, 0.1) is 5.92 Å². The van der Waals surface area contributed by atoms with Gasteiger partial charge < -0.3 is 0 Å². The van der Waals surface area contributed by atoms with Gasteiger partial charge in [-0.2, -0.15) is 13.2 Å².